The molecular weight excluding hydrogens is 374 g/mol. The Morgan fingerprint density at radius 2 is 2.04 bits per heavy atom. The lowest BCUT2D eigenvalue weighted by molar-refractivity contribution is -0.129. The highest BCUT2D eigenvalue weighted by molar-refractivity contribution is 6.31. The van der Waals surface area contributed by atoms with Gasteiger partial charge in [0.15, 0.2) is 6.10 Å². The van der Waals surface area contributed by atoms with Gasteiger partial charge in [0.1, 0.15) is 17.1 Å². The van der Waals surface area contributed by atoms with E-state index in [-0.39, 0.29) is 17.6 Å². The van der Waals surface area contributed by atoms with E-state index in [0.717, 1.165) is 22.4 Å². The van der Waals surface area contributed by atoms with Crippen molar-refractivity contribution < 1.29 is 14.3 Å². The van der Waals surface area contributed by atoms with Crippen LogP contribution in [-0.4, -0.2) is 17.6 Å². The molecule has 150 valence electrons. The van der Waals surface area contributed by atoms with Crippen molar-refractivity contribution in [1.82, 2.24) is 5.32 Å². The summed E-state index contributed by atoms with van der Waals surface area (Å²) < 4.78 is 12.1. The normalized spacial score (nSPS) is 18.6. The monoisotopic (exact) mass is 401 g/mol. The molecule has 0 radical (unpaired) electrons. The molecule has 3 rings (SSSR count). The van der Waals surface area contributed by atoms with Crippen molar-refractivity contribution in [3.05, 3.63) is 58.1 Å². The first kappa shape index (κ1) is 20.5. The number of benzene rings is 2. The van der Waals surface area contributed by atoms with E-state index in [1.165, 1.54) is 0 Å². The van der Waals surface area contributed by atoms with Crippen molar-refractivity contribution >= 4 is 17.5 Å². The minimum absolute atomic E-state index is 0.115. The smallest absolute Gasteiger partial charge is 0.261 e. The van der Waals surface area contributed by atoms with Crippen LogP contribution in [0.2, 0.25) is 5.02 Å². The Morgan fingerprint density at radius 3 is 2.71 bits per heavy atom. The number of ether oxygens (including phenoxy) is 2. The summed E-state index contributed by atoms with van der Waals surface area (Å²) in [6.07, 6.45) is 0.701. The summed E-state index contributed by atoms with van der Waals surface area (Å²) in [7, 11) is 0. The van der Waals surface area contributed by atoms with E-state index in [1.54, 1.807) is 12.1 Å². The van der Waals surface area contributed by atoms with Crippen LogP contribution in [-0.2, 0) is 4.79 Å². The largest absolute Gasteiger partial charge is 0.487 e. The number of rotatable bonds is 5. The van der Waals surface area contributed by atoms with Crippen LogP contribution in [0.4, 0.5) is 0 Å². The summed E-state index contributed by atoms with van der Waals surface area (Å²) in [6.45, 7) is 9.98. The fourth-order valence-electron chi connectivity index (χ4n) is 3.54. The second kappa shape index (κ2) is 8.04. The molecule has 1 N–H and O–H groups in total. The molecule has 2 atom stereocenters. The van der Waals surface area contributed by atoms with Crippen molar-refractivity contribution in [3.63, 3.8) is 0 Å². The fraction of sp³-hybridized carbons (Fsp3) is 0.435. The summed E-state index contributed by atoms with van der Waals surface area (Å²) in [6, 6.07) is 11.4. The zero-order valence-corrected chi connectivity index (χ0v) is 17.9. The first-order chi connectivity index (χ1) is 13.2. The van der Waals surface area contributed by atoms with E-state index in [0.29, 0.717) is 23.6 Å². The molecule has 1 aliphatic rings. The predicted octanol–water partition coefficient (Wildman–Crippen LogP) is 5.53. The van der Waals surface area contributed by atoms with Gasteiger partial charge in [-0.2, -0.15) is 0 Å². The number of carbonyl (C=O) groups is 1. The maximum absolute atomic E-state index is 13.0. The van der Waals surface area contributed by atoms with Gasteiger partial charge in [-0.25, -0.2) is 0 Å². The average Bonchev–Trinajstić information content (AvgIpc) is 2.62. The van der Waals surface area contributed by atoms with E-state index >= 15 is 0 Å². The summed E-state index contributed by atoms with van der Waals surface area (Å²) in [5.41, 5.74) is 2.73. The third-order valence-corrected chi connectivity index (χ3v) is 5.43. The molecule has 0 saturated heterocycles. The Balaban J connectivity index is 1.78. The molecule has 28 heavy (non-hydrogen) atoms. The van der Waals surface area contributed by atoms with Crippen molar-refractivity contribution in [2.45, 2.75) is 65.2 Å². The highest BCUT2D eigenvalue weighted by Crippen LogP contribution is 2.40. The molecule has 0 unspecified atom stereocenters. The lowest BCUT2D eigenvalue weighted by Gasteiger charge is -2.38. The van der Waals surface area contributed by atoms with E-state index < -0.39 is 6.10 Å². The van der Waals surface area contributed by atoms with E-state index in [9.17, 15) is 4.79 Å². The Morgan fingerprint density at radius 1 is 1.29 bits per heavy atom. The quantitative estimate of drug-likeness (QED) is 0.716. The molecular formula is C23H28ClNO3. The number of halogens is 1. The number of carbonyl (C=O) groups excluding carboxylic acids is 1. The van der Waals surface area contributed by atoms with Crippen LogP contribution in [0.5, 0.6) is 11.5 Å². The minimum Gasteiger partial charge on any atom is -0.487 e. The molecule has 2 aromatic carbocycles. The number of hydrogen-bond acceptors (Lipinski definition) is 3. The second-order valence-electron chi connectivity index (χ2n) is 8.09. The van der Waals surface area contributed by atoms with Crippen molar-refractivity contribution in [2.75, 3.05) is 0 Å². The van der Waals surface area contributed by atoms with Gasteiger partial charge in [0.2, 0.25) is 0 Å². The van der Waals surface area contributed by atoms with Gasteiger partial charge in [-0.05, 0) is 63.9 Å². The number of aryl methyl sites for hydroxylation is 2. The molecule has 0 aromatic heterocycles. The van der Waals surface area contributed by atoms with Crippen LogP contribution in [0.3, 0.4) is 0 Å². The summed E-state index contributed by atoms with van der Waals surface area (Å²) in [5.74, 6) is 1.35. The molecule has 0 fully saturated rings. The Hall–Kier alpha value is -2.20. The topological polar surface area (TPSA) is 47.6 Å². The minimum atomic E-state index is -0.570. The van der Waals surface area contributed by atoms with Gasteiger partial charge in [-0.15, -0.1) is 0 Å². The van der Waals surface area contributed by atoms with Crippen LogP contribution < -0.4 is 14.8 Å². The number of nitrogens with one attached hydrogen (secondary N) is 1. The van der Waals surface area contributed by atoms with Gasteiger partial charge in [0.05, 0.1) is 6.04 Å². The molecule has 0 bridgehead atoms. The van der Waals surface area contributed by atoms with Gasteiger partial charge in [0, 0.05) is 17.0 Å². The molecule has 5 heteroatoms. The molecule has 1 amide bonds. The predicted molar refractivity (Wildman–Crippen MR) is 112 cm³/mol. The summed E-state index contributed by atoms with van der Waals surface area (Å²) in [5, 5.41) is 3.87. The van der Waals surface area contributed by atoms with E-state index in [1.807, 2.05) is 52.8 Å². The van der Waals surface area contributed by atoms with Gasteiger partial charge in [-0.3, -0.25) is 4.79 Å². The van der Waals surface area contributed by atoms with Crippen molar-refractivity contribution in [3.8, 4) is 11.5 Å². The molecule has 2 aromatic rings. The molecule has 1 heterocycles. The Labute approximate surface area is 172 Å². The van der Waals surface area contributed by atoms with Gasteiger partial charge in [-0.1, -0.05) is 36.2 Å². The highest BCUT2D eigenvalue weighted by Gasteiger charge is 2.35. The van der Waals surface area contributed by atoms with Crippen LogP contribution in [0, 0.1) is 13.8 Å². The van der Waals surface area contributed by atoms with E-state index in [2.05, 4.69) is 11.4 Å². The van der Waals surface area contributed by atoms with Crippen LogP contribution in [0.1, 0.15) is 56.3 Å². The molecule has 0 spiro atoms. The molecule has 0 aliphatic carbocycles. The number of hydrogen-bond donors (Lipinski definition) is 1. The van der Waals surface area contributed by atoms with Crippen LogP contribution in [0.15, 0.2) is 36.4 Å². The first-order valence-electron chi connectivity index (χ1n) is 9.71. The van der Waals surface area contributed by atoms with Gasteiger partial charge < -0.3 is 14.8 Å². The SMILES string of the molecule is CC[C@@H](Oc1ccc(Cl)c(C)c1)C(=O)N[C@@H]1CC(C)(C)Oc2ccc(C)cc21. The van der Waals surface area contributed by atoms with Crippen molar-refractivity contribution in [1.29, 1.82) is 0 Å². The zero-order chi connectivity index (χ0) is 20.5. The zero-order valence-electron chi connectivity index (χ0n) is 17.1. The second-order valence-corrected chi connectivity index (χ2v) is 8.50. The number of amides is 1. The third kappa shape index (κ3) is 4.61. The third-order valence-electron chi connectivity index (χ3n) is 5.01. The van der Waals surface area contributed by atoms with Crippen LogP contribution in [0.25, 0.3) is 0 Å². The van der Waals surface area contributed by atoms with E-state index in [4.69, 9.17) is 21.1 Å². The standard InChI is InChI=1S/C23H28ClNO3/c1-6-20(27-16-8-9-18(24)15(3)12-16)22(26)25-19-13-23(4,5)28-21-10-7-14(2)11-17(19)21/h7-12,19-20H,6,13H2,1-5H3,(H,25,26)/t19-,20-/m1/s1. The molecule has 1 aliphatic heterocycles. The maximum atomic E-state index is 13.0. The van der Waals surface area contributed by atoms with Crippen molar-refractivity contribution in [2.24, 2.45) is 0 Å². The summed E-state index contributed by atoms with van der Waals surface area (Å²) >= 11 is 6.08. The molecule has 4 nitrogen and oxygen atoms in total. The first-order valence-corrected chi connectivity index (χ1v) is 10.1. The average molecular weight is 402 g/mol. The van der Waals surface area contributed by atoms with Gasteiger partial charge >= 0.3 is 0 Å². The fourth-order valence-corrected chi connectivity index (χ4v) is 3.66. The maximum Gasteiger partial charge on any atom is 0.261 e. The lowest BCUT2D eigenvalue weighted by atomic mass is 9.88. The van der Waals surface area contributed by atoms with Crippen LogP contribution >= 0.6 is 11.6 Å². The summed E-state index contributed by atoms with van der Waals surface area (Å²) in [4.78, 5) is 13.0. The van der Waals surface area contributed by atoms with Gasteiger partial charge in [0.25, 0.3) is 5.91 Å². The Bertz CT molecular complexity index is 878. The molecule has 0 saturated carbocycles. The lowest BCUT2D eigenvalue weighted by Crippen LogP contribution is -2.45. The number of fused-ring (bicyclic) bond motifs is 1. The highest BCUT2D eigenvalue weighted by atomic mass is 35.5. The Kier molecular flexibility index (Phi) is 5.90.